The van der Waals surface area contributed by atoms with E-state index in [0.717, 1.165) is 99.7 Å². The molecule has 208 valence electrons. The van der Waals surface area contributed by atoms with Crippen molar-refractivity contribution < 1.29 is 9.53 Å². The molecule has 0 unspecified atom stereocenters. The van der Waals surface area contributed by atoms with Crippen LogP contribution < -0.4 is 15.4 Å². The van der Waals surface area contributed by atoms with Crippen LogP contribution in [0.2, 0.25) is 5.02 Å². The molecule has 3 aromatic carbocycles. The molecule has 2 saturated heterocycles. The summed E-state index contributed by atoms with van der Waals surface area (Å²) in [5.41, 5.74) is 3.49. The van der Waals surface area contributed by atoms with Crippen molar-refractivity contribution in [3.8, 4) is 16.9 Å². The van der Waals surface area contributed by atoms with Crippen molar-refractivity contribution in [2.75, 3.05) is 26.2 Å². The second kappa shape index (κ2) is 12.6. The van der Waals surface area contributed by atoms with Gasteiger partial charge < -0.3 is 15.4 Å². The molecule has 0 atom stereocenters. The monoisotopic (exact) mass is 637 g/mol. The Morgan fingerprint density at radius 2 is 1.80 bits per heavy atom. The van der Waals surface area contributed by atoms with Gasteiger partial charge in [-0.25, -0.2) is 0 Å². The lowest BCUT2D eigenvalue weighted by Crippen LogP contribution is -2.44. The van der Waals surface area contributed by atoms with Crippen molar-refractivity contribution in [2.24, 2.45) is 0 Å². The fraction of sp³-hybridized carbons (Fsp3) is 0.344. The molecule has 0 saturated carbocycles. The molecule has 6 rings (SSSR count). The molecule has 40 heavy (non-hydrogen) atoms. The lowest BCUT2D eigenvalue weighted by Gasteiger charge is -2.32. The first-order valence-electron chi connectivity index (χ1n) is 14.0. The number of rotatable bonds is 7. The predicted octanol–water partition coefficient (Wildman–Crippen LogP) is 7.51. The maximum absolute atomic E-state index is 13.2. The number of thiophene rings is 1. The highest BCUT2D eigenvalue weighted by molar-refractivity contribution is 9.10. The number of amides is 1. The SMILES string of the molecule is O=C(NC1CCN(Cc2ccc(OC3CCNCC3)c(Br)c2)CC1)c1cc2c(-c3ccc(Cl)cc3)cccc2s1. The summed E-state index contributed by atoms with van der Waals surface area (Å²) in [6.45, 7) is 4.86. The molecule has 2 fully saturated rings. The Morgan fingerprint density at radius 1 is 1.02 bits per heavy atom. The zero-order valence-electron chi connectivity index (χ0n) is 22.3. The van der Waals surface area contributed by atoms with E-state index in [1.54, 1.807) is 11.3 Å². The number of carbonyl (C=O) groups excluding carboxylic acids is 1. The molecule has 1 amide bonds. The Labute approximate surface area is 253 Å². The van der Waals surface area contributed by atoms with Crippen molar-refractivity contribution in [3.05, 3.63) is 86.7 Å². The van der Waals surface area contributed by atoms with Gasteiger partial charge in [-0.15, -0.1) is 11.3 Å². The minimum absolute atomic E-state index is 0.0231. The van der Waals surface area contributed by atoms with E-state index in [2.05, 4.69) is 61.8 Å². The molecule has 0 spiro atoms. The number of hydrogen-bond acceptors (Lipinski definition) is 5. The Bertz CT molecular complexity index is 1480. The number of likely N-dealkylation sites (tertiary alicyclic amines) is 1. The van der Waals surface area contributed by atoms with Crippen LogP contribution in [-0.2, 0) is 6.54 Å². The van der Waals surface area contributed by atoms with Gasteiger partial charge in [-0.2, -0.15) is 0 Å². The first-order chi connectivity index (χ1) is 19.5. The van der Waals surface area contributed by atoms with E-state index in [4.69, 9.17) is 16.3 Å². The standard InChI is InChI=1S/C32H33BrClN3O2S/c33-28-18-21(4-9-29(28)39-25-10-14-35-15-11-25)20-37-16-12-24(13-17-37)36-32(38)31-19-27-26(2-1-3-30(27)40-31)22-5-7-23(34)8-6-22/h1-9,18-19,24-25,35H,10-17,20H2,(H,36,38). The summed E-state index contributed by atoms with van der Waals surface area (Å²) >= 11 is 11.4. The van der Waals surface area contributed by atoms with Gasteiger partial charge in [-0.05, 0) is 108 Å². The van der Waals surface area contributed by atoms with Gasteiger partial charge in [0.2, 0.25) is 0 Å². The quantitative estimate of drug-likeness (QED) is 0.220. The second-order valence-corrected chi connectivity index (χ2v) is 13.1. The third kappa shape index (κ3) is 6.55. The lowest BCUT2D eigenvalue weighted by atomic mass is 10.0. The molecular weight excluding hydrogens is 606 g/mol. The van der Waals surface area contributed by atoms with Gasteiger partial charge in [0.25, 0.3) is 5.91 Å². The number of nitrogens with zero attached hydrogens (tertiary/aromatic N) is 1. The first kappa shape index (κ1) is 27.7. The van der Waals surface area contributed by atoms with Crippen molar-refractivity contribution in [2.45, 2.75) is 44.4 Å². The van der Waals surface area contributed by atoms with E-state index < -0.39 is 0 Å². The number of fused-ring (bicyclic) bond motifs is 1. The zero-order valence-corrected chi connectivity index (χ0v) is 25.5. The molecule has 5 nitrogen and oxygen atoms in total. The van der Waals surface area contributed by atoms with Crippen LogP contribution in [0.5, 0.6) is 5.75 Å². The number of piperidine rings is 2. The fourth-order valence-corrected chi connectivity index (χ4v) is 7.27. The van der Waals surface area contributed by atoms with Gasteiger partial charge in [0.05, 0.1) is 9.35 Å². The van der Waals surface area contributed by atoms with E-state index in [-0.39, 0.29) is 18.1 Å². The first-order valence-corrected chi connectivity index (χ1v) is 16.0. The average Bonchev–Trinajstić information content (AvgIpc) is 3.42. The Kier molecular flexibility index (Phi) is 8.75. The third-order valence-corrected chi connectivity index (χ3v) is 9.82. The molecule has 0 bridgehead atoms. The molecule has 2 aliphatic rings. The maximum atomic E-state index is 13.2. The van der Waals surface area contributed by atoms with Crippen molar-refractivity contribution >= 4 is 54.9 Å². The van der Waals surface area contributed by atoms with E-state index >= 15 is 0 Å². The lowest BCUT2D eigenvalue weighted by molar-refractivity contribution is 0.0913. The minimum atomic E-state index is 0.0231. The van der Waals surface area contributed by atoms with Gasteiger partial charge in [0.15, 0.2) is 0 Å². The van der Waals surface area contributed by atoms with Crippen LogP contribution in [0.3, 0.4) is 0 Å². The molecule has 3 heterocycles. The topological polar surface area (TPSA) is 53.6 Å². The van der Waals surface area contributed by atoms with E-state index in [1.165, 1.54) is 5.56 Å². The summed E-state index contributed by atoms with van der Waals surface area (Å²) in [5, 5.41) is 8.51. The predicted molar refractivity (Wildman–Crippen MR) is 169 cm³/mol. The smallest absolute Gasteiger partial charge is 0.261 e. The molecule has 1 aromatic heterocycles. The van der Waals surface area contributed by atoms with Crippen LogP contribution in [0, 0.1) is 0 Å². The van der Waals surface area contributed by atoms with E-state index in [9.17, 15) is 4.79 Å². The Balaban J connectivity index is 1.03. The van der Waals surface area contributed by atoms with Crippen LogP contribution in [0.15, 0.2) is 71.2 Å². The van der Waals surface area contributed by atoms with Crippen LogP contribution in [0.25, 0.3) is 21.2 Å². The Morgan fingerprint density at radius 3 is 2.55 bits per heavy atom. The molecule has 0 aliphatic carbocycles. The number of ether oxygens (including phenoxy) is 1. The Hall–Kier alpha value is -2.42. The van der Waals surface area contributed by atoms with E-state index in [0.29, 0.717) is 0 Å². The fourth-order valence-electron chi connectivity index (χ4n) is 5.64. The largest absolute Gasteiger partial charge is 0.489 e. The van der Waals surface area contributed by atoms with Gasteiger partial charge in [-0.3, -0.25) is 9.69 Å². The zero-order chi connectivity index (χ0) is 27.5. The highest BCUT2D eigenvalue weighted by Crippen LogP contribution is 2.35. The summed E-state index contributed by atoms with van der Waals surface area (Å²) < 4.78 is 8.36. The van der Waals surface area contributed by atoms with Gasteiger partial charge in [-0.1, -0.05) is 41.9 Å². The van der Waals surface area contributed by atoms with Gasteiger partial charge >= 0.3 is 0 Å². The van der Waals surface area contributed by atoms with Crippen molar-refractivity contribution in [1.82, 2.24) is 15.5 Å². The maximum Gasteiger partial charge on any atom is 0.261 e. The molecule has 4 aromatic rings. The van der Waals surface area contributed by atoms with Crippen LogP contribution in [0.1, 0.15) is 40.9 Å². The van der Waals surface area contributed by atoms with E-state index in [1.807, 2.05) is 36.4 Å². The van der Waals surface area contributed by atoms with Crippen LogP contribution in [0.4, 0.5) is 0 Å². The average molecular weight is 639 g/mol. The van der Waals surface area contributed by atoms with Gasteiger partial charge in [0.1, 0.15) is 11.9 Å². The summed E-state index contributed by atoms with van der Waals surface area (Å²) in [6.07, 6.45) is 4.28. The summed E-state index contributed by atoms with van der Waals surface area (Å²) in [7, 11) is 0. The third-order valence-electron chi connectivity index (χ3n) is 7.85. The normalized spacial score (nSPS) is 17.2. The second-order valence-electron chi connectivity index (χ2n) is 10.7. The number of benzene rings is 3. The number of nitrogens with one attached hydrogen (secondary N) is 2. The highest BCUT2D eigenvalue weighted by atomic mass is 79.9. The summed E-state index contributed by atoms with van der Waals surface area (Å²) in [5.74, 6) is 0.952. The molecular formula is C32H33BrClN3O2S. The molecule has 8 heteroatoms. The number of carbonyl (C=O) groups is 1. The number of hydrogen-bond donors (Lipinski definition) is 2. The summed E-state index contributed by atoms with van der Waals surface area (Å²) in [4.78, 5) is 16.4. The molecule has 0 radical (unpaired) electrons. The number of halogens is 2. The molecule has 2 N–H and O–H groups in total. The summed E-state index contributed by atoms with van der Waals surface area (Å²) in [6, 6.07) is 22.8. The van der Waals surface area contributed by atoms with Crippen LogP contribution >= 0.6 is 38.9 Å². The van der Waals surface area contributed by atoms with Gasteiger partial charge in [0, 0.05) is 40.8 Å². The highest BCUT2D eigenvalue weighted by Gasteiger charge is 2.23. The molecule has 2 aliphatic heterocycles. The minimum Gasteiger partial charge on any atom is -0.489 e. The van der Waals surface area contributed by atoms with Crippen molar-refractivity contribution in [3.63, 3.8) is 0 Å². The van der Waals surface area contributed by atoms with Crippen LogP contribution in [-0.4, -0.2) is 49.1 Å². The van der Waals surface area contributed by atoms with Crippen molar-refractivity contribution in [1.29, 1.82) is 0 Å².